The molecule has 2 saturated heterocycles. The predicted molar refractivity (Wildman–Crippen MR) is 131 cm³/mol. The van der Waals surface area contributed by atoms with Gasteiger partial charge in [-0.1, -0.05) is 26.8 Å². The van der Waals surface area contributed by atoms with Crippen LogP contribution in [-0.2, 0) is 31.8 Å². The van der Waals surface area contributed by atoms with Gasteiger partial charge in [0.25, 0.3) is 0 Å². The van der Waals surface area contributed by atoms with Crippen molar-refractivity contribution in [2.24, 2.45) is 23.7 Å². The molecule has 1 unspecified atom stereocenters. The zero-order chi connectivity index (χ0) is 25.1. The van der Waals surface area contributed by atoms with E-state index in [0.717, 1.165) is 37.7 Å². The molecule has 2 bridgehead atoms. The molecule has 1 aromatic rings. The van der Waals surface area contributed by atoms with Crippen LogP contribution in [0.2, 0.25) is 0 Å². The van der Waals surface area contributed by atoms with Crippen LogP contribution in [0.3, 0.4) is 0 Å². The van der Waals surface area contributed by atoms with Crippen molar-refractivity contribution in [1.82, 2.24) is 0 Å². The molecule has 2 aliphatic heterocycles. The number of aliphatic hydroxyl groups is 1. The van der Waals surface area contributed by atoms with E-state index in [1.165, 1.54) is 17.5 Å². The number of carbonyl (C=O) groups excluding carboxylic acids is 2. The van der Waals surface area contributed by atoms with Crippen molar-refractivity contribution >= 4 is 11.9 Å². The van der Waals surface area contributed by atoms with Crippen LogP contribution in [0.15, 0.2) is 12.1 Å². The van der Waals surface area contributed by atoms with Crippen LogP contribution in [-0.4, -0.2) is 47.1 Å². The van der Waals surface area contributed by atoms with Crippen molar-refractivity contribution in [1.29, 1.82) is 0 Å². The normalized spacial score (nSPS) is 37.6. The number of benzene rings is 1. The molecule has 6 nitrogen and oxygen atoms in total. The van der Waals surface area contributed by atoms with Gasteiger partial charge in [0.2, 0.25) is 0 Å². The van der Waals surface area contributed by atoms with Crippen molar-refractivity contribution in [3.63, 3.8) is 0 Å². The zero-order valence-corrected chi connectivity index (χ0v) is 21.8. The number of hydrogen-bond acceptors (Lipinski definition) is 6. The number of ether oxygens (including phenoxy) is 3. The molecule has 2 heterocycles. The van der Waals surface area contributed by atoms with Gasteiger partial charge in [-0.15, -0.1) is 0 Å². The lowest BCUT2D eigenvalue weighted by Crippen LogP contribution is -2.62. The number of fused-ring (bicyclic) bond motifs is 5. The van der Waals surface area contributed by atoms with Crippen molar-refractivity contribution in [2.75, 3.05) is 6.61 Å². The molecule has 0 spiro atoms. The lowest BCUT2D eigenvalue weighted by atomic mass is 9.69. The van der Waals surface area contributed by atoms with Crippen LogP contribution in [0.4, 0.5) is 0 Å². The Kier molecular flexibility index (Phi) is 6.28. The van der Waals surface area contributed by atoms with E-state index in [0.29, 0.717) is 17.9 Å². The summed E-state index contributed by atoms with van der Waals surface area (Å²) in [5, 5.41) is 9.34. The Morgan fingerprint density at radius 2 is 1.91 bits per heavy atom. The fourth-order valence-corrected chi connectivity index (χ4v) is 7.85. The second-order valence-electron chi connectivity index (χ2n) is 11.9. The van der Waals surface area contributed by atoms with Gasteiger partial charge < -0.3 is 19.3 Å². The van der Waals surface area contributed by atoms with Crippen LogP contribution in [0, 0.1) is 30.6 Å². The van der Waals surface area contributed by atoms with Crippen molar-refractivity contribution in [3.05, 3.63) is 34.4 Å². The first-order valence-electron chi connectivity index (χ1n) is 13.4. The molecule has 0 radical (unpaired) electrons. The van der Waals surface area contributed by atoms with E-state index in [1.54, 1.807) is 0 Å². The Hall–Kier alpha value is -1.92. The van der Waals surface area contributed by atoms with Gasteiger partial charge in [0.15, 0.2) is 0 Å². The van der Waals surface area contributed by atoms with E-state index < -0.39 is 36.0 Å². The second-order valence-corrected chi connectivity index (χ2v) is 11.9. The van der Waals surface area contributed by atoms with Gasteiger partial charge in [-0.05, 0) is 92.9 Å². The largest absolute Gasteiger partial charge is 0.457 e. The summed E-state index contributed by atoms with van der Waals surface area (Å²) in [5.41, 5.74) is 2.96. The average Bonchev–Trinajstić information content (AvgIpc) is 3.35. The zero-order valence-electron chi connectivity index (χ0n) is 21.8. The maximum absolute atomic E-state index is 13.7. The topological polar surface area (TPSA) is 82.1 Å². The summed E-state index contributed by atoms with van der Waals surface area (Å²) in [4.78, 5) is 25.9. The molecule has 192 valence electrons. The van der Waals surface area contributed by atoms with Gasteiger partial charge in [-0.2, -0.15) is 0 Å². The van der Waals surface area contributed by atoms with E-state index in [-0.39, 0.29) is 23.7 Å². The third-order valence-corrected chi connectivity index (χ3v) is 9.83. The number of aliphatic hydroxyl groups excluding tert-OH is 1. The Morgan fingerprint density at radius 1 is 1.17 bits per heavy atom. The maximum atomic E-state index is 13.7. The quantitative estimate of drug-likeness (QED) is 0.618. The Balaban J connectivity index is 1.52. The Labute approximate surface area is 208 Å². The number of esters is 2. The molecule has 4 aliphatic rings. The van der Waals surface area contributed by atoms with Gasteiger partial charge >= 0.3 is 11.9 Å². The summed E-state index contributed by atoms with van der Waals surface area (Å²) < 4.78 is 19.1. The molecule has 2 aliphatic carbocycles. The van der Waals surface area contributed by atoms with E-state index in [2.05, 4.69) is 26.8 Å². The molecule has 0 amide bonds. The van der Waals surface area contributed by atoms with Gasteiger partial charge in [0, 0.05) is 12.3 Å². The summed E-state index contributed by atoms with van der Waals surface area (Å²) in [6.07, 6.45) is 5.99. The summed E-state index contributed by atoms with van der Waals surface area (Å²) >= 11 is 0. The number of aryl methyl sites for hydroxylation is 1. The standard InChI is InChI=1S/C29H40O6/c1-16(2)29-14-23(33-24(31)15-30)28(5,35-29)22-13-10-17(3)25(22)26(29)34-27(32)21-12-11-19-8-6-7-9-20(19)18(21)4/h11-12,16-17,22-23,25-26,30H,6-10,13-15H2,1-5H3/t17-,22?,23-,25-,26+,28+,29-/m1/s1. The van der Waals surface area contributed by atoms with Crippen LogP contribution >= 0.6 is 0 Å². The monoisotopic (exact) mass is 484 g/mol. The first-order chi connectivity index (χ1) is 16.6. The summed E-state index contributed by atoms with van der Waals surface area (Å²) in [7, 11) is 0. The average molecular weight is 485 g/mol. The van der Waals surface area contributed by atoms with Gasteiger partial charge in [0.1, 0.15) is 30.0 Å². The van der Waals surface area contributed by atoms with Crippen LogP contribution < -0.4 is 0 Å². The molecular formula is C29H40O6. The number of rotatable bonds is 5. The van der Waals surface area contributed by atoms with Gasteiger partial charge in [0.05, 0.1) is 5.56 Å². The minimum absolute atomic E-state index is 0.0517. The summed E-state index contributed by atoms with van der Waals surface area (Å²) in [6.45, 7) is 9.89. The second kappa shape index (κ2) is 8.88. The Bertz CT molecular complexity index is 1020. The number of hydrogen-bond donors (Lipinski definition) is 1. The van der Waals surface area contributed by atoms with E-state index >= 15 is 0 Å². The van der Waals surface area contributed by atoms with Gasteiger partial charge in [-0.3, -0.25) is 0 Å². The Morgan fingerprint density at radius 3 is 2.63 bits per heavy atom. The molecule has 5 rings (SSSR count). The summed E-state index contributed by atoms with van der Waals surface area (Å²) in [5.74, 6) is -0.234. The molecule has 35 heavy (non-hydrogen) atoms. The fraction of sp³-hybridized carbons (Fsp3) is 0.724. The van der Waals surface area contributed by atoms with Crippen molar-refractivity contribution in [3.8, 4) is 0 Å². The first-order valence-corrected chi connectivity index (χ1v) is 13.4. The molecule has 3 fully saturated rings. The smallest absolute Gasteiger partial charge is 0.338 e. The molecule has 1 N–H and O–H groups in total. The molecular weight excluding hydrogens is 444 g/mol. The molecule has 0 aromatic heterocycles. The molecule has 7 atom stereocenters. The van der Waals surface area contributed by atoms with Crippen LogP contribution in [0.5, 0.6) is 0 Å². The third kappa shape index (κ3) is 3.74. The molecule has 6 heteroatoms. The van der Waals surface area contributed by atoms with Crippen LogP contribution in [0.1, 0.15) is 86.8 Å². The SMILES string of the molecule is Cc1c(C(=O)O[C@H]2[C@H]3C(CC[C@H]3C)[C@]3(C)O[C@@]2(C(C)C)C[C@H]3OC(=O)CO)ccc2c1CCCC2. The molecule has 1 saturated carbocycles. The highest BCUT2D eigenvalue weighted by Gasteiger charge is 2.72. The minimum Gasteiger partial charge on any atom is -0.457 e. The van der Waals surface area contributed by atoms with E-state index in [1.807, 2.05) is 19.9 Å². The number of carbonyl (C=O) groups is 2. The predicted octanol–water partition coefficient (Wildman–Crippen LogP) is 4.55. The highest BCUT2D eigenvalue weighted by atomic mass is 16.6. The first kappa shape index (κ1) is 24.8. The lowest BCUT2D eigenvalue weighted by Gasteiger charge is -2.53. The van der Waals surface area contributed by atoms with Crippen LogP contribution in [0.25, 0.3) is 0 Å². The highest BCUT2D eigenvalue weighted by molar-refractivity contribution is 5.92. The third-order valence-electron chi connectivity index (χ3n) is 9.83. The summed E-state index contributed by atoms with van der Waals surface area (Å²) in [6, 6.07) is 4.04. The maximum Gasteiger partial charge on any atom is 0.338 e. The molecule has 1 aromatic carbocycles. The van der Waals surface area contributed by atoms with Crippen molar-refractivity contribution < 1.29 is 28.9 Å². The van der Waals surface area contributed by atoms with Crippen molar-refractivity contribution in [2.45, 2.75) is 103 Å². The van der Waals surface area contributed by atoms with E-state index in [4.69, 9.17) is 14.2 Å². The van der Waals surface area contributed by atoms with Gasteiger partial charge in [-0.25, -0.2) is 9.59 Å². The lowest BCUT2D eigenvalue weighted by molar-refractivity contribution is -0.259. The minimum atomic E-state index is -0.743. The highest BCUT2D eigenvalue weighted by Crippen LogP contribution is 2.63. The fourth-order valence-electron chi connectivity index (χ4n) is 7.85. The van der Waals surface area contributed by atoms with E-state index in [9.17, 15) is 14.7 Å².